The van der Waals surface area contributed by atoms with Gasteiger partial charge in [0.2, 0.25) is 0 Å². The fourth-order valence-electron chi connectivity index (χ4n) is 1.55. The lowest BCUT2D eigenvalue weighted by Gasteiger charge is -2.09. The van der Waals surface area contributed by atoms with E-state index in [2.05, 4.69) is 26.2 Å². The van der Waals surface area contributed by atoms with Crippen LogP contribution in [0.25, 0.3) is 0 Å². The molecule has 1 aromatic heterocycles. The van der Waals surface area contributed by atoms with Crippen LogP contribution in [0.1, 0.15) is 11.1 Å². The quantitative estimate of drug-likeness (QED) is 0.851. The van der Waals surface area contributed by atoms with Gasteiger partial charge >= 0.3 is 0 Å². The summed E-state index contributed by atoms with van der Waals surface area (Å²) >= 11 is 3.32. The number of phenolic OH excluding ortho intramolecular Hbond substituents is 1. The first kappa shape index (κ1) is 12.8. The summed E-state index contributed by atoms with van der Waals surface area (Å²) in [5.74, 6) is -0.291. The first-order valence-electron chi connectivity index (χ1n) is 5.39. The number of pyridine rings is 1. The molecule has 2 aromatic rings. The number of nitrogens with one attached hydrogen (secondary N) is 1. The van der Waals surface area contributed by atoms with Gasteiger partial charge in [-0.15, -0.1) is 0 Å². The van der Waals surface area contributed by atoms with Crippen molar-refractivity contribution < 1.29 is 9.50 Å². The molecule has 0 spiro atoms. The Morgan fingerprint density at radius 3 is 2.89 bits per heavy atom. The van der Waals surface area contributed by atoms with E-state index >= 15 is 0 Å². The average molecular weight is 311 g/mol. The highest BCUT2D eigenvalue weighted by Gasteiger charge is 2.04. The fraction of sp³-hybridized carbons (Fsp3) is 0.154. The molecule has 3 nitrogen and oxygen atoms in total. The van der Waals surface area contributed by atoms with Crippen LogP contribution >= 0.6 is 15.9 Å². The number of aromatic nitrogens is 1. The Kier molecular flexibility index (Phi) is 3.81. The predicted octanol–water partition coefficient (Wildman–Crippen LogP) is 3.61. The molecule has 0 unspecified atom stereocenters. The molecule has 2 rings (SSSR count). The third-order valence-corrected chi connectivity index (χ3v) is 3.37. The largest absolute Gasteiger partial charge is 0.508 e. The van der Waals surface area contributed by atoms with Crippen LogP contribution in [-0.4, -0.2) is 10.1 Å². The number of anilines is 1. The molecule has 0 atom stereocenters. The van der Waals surface area contributed by atoms with E-state index in [1.165, 1.54) is 18.2 Å². The van der Waals surface area contributed by atoms with Crippen molar-refractivity contribution in [2.45, 2.75) is 13.5 Å². The van der Waals surface area contributed by atoms with Gasteiger partial charge in [-0.2, -0.15) is 0 Å². The van der Waals surface area contributed by atoms with Gasteiger partial charge in [0.1, 0.15) is 16.2 Å². The lowest BCUT2D eigenvalue weighted by atomic mass is 10.2. The number of aromatic hydroxyl groups is 1. The molecule has 0 amide bonds. The summed E-state index contributed by atoms with van der Waals surface area (Å²) in [5, 5.41) is 12.7. The van der Waals surface area contributed by atoms with Crippen molar-refractivity contribution in [2.75, 3.05) is 5.32 Å². The number of aryl methyl sites for hydroxylation is 1. The molecule has 0 bridgehead atoms. The maximum absolute atomic E-state index is 13.0. The van der Waals surface area contributed by atoms with E-state index in [4.69, 9.17) is 0 Å². The topological polar surface area (TPSA) is 45.1 Å². The van der Waals surface area contributed by atoms with Gasteiger partial charge in [-0.1, -0.05) is 0 Å². The van der Waals surface area contributed by atoms with Gasteiger partial charge in [-0.05, 0) is 52.7 Å². The Hall–Kier alpha value is -1.62. The highest BCUT2D eigenvalue weighted by molar-refractivity contribution is 9.10. The number of halogens is 2. The van der Waals surface area contributed by atoms with Crippen LogP contribution in [0.2, 0.25) is 0 Å². The molecule has 0 fully saturated rings. The summed E-state index contributed by atoms with van der Waals surface area (Å²) in [6, 6.07) is 5.80. The van der Waals surface area contributed by atoms with E-state index < -0.39 is 0 Å². The lowest BCUT2D eigenvalue weighted by molar-refractivity contribution is 0.466. The molecule has 0 aliphatic rings. The van der Waals surface area contributed by atoms with Crippen molar-refractivity contribution in [1.82, 2.24) is 4.98 Å². The molecule has 94 valence electrons. The average Bonchev–Trinajstić information content (AvgIpc) is 2.34. The first-order chi connectivity index (χ1) is 8.56. The minimum atomic E-state index is -0.366. The number of hydrogen-bond acceptors (Lipinski definition) is 3. The zero-order valence-corrected chi connectivity index (χ0v) is 11.3. The van der Waals surface area contributed by atoms with Crippen LogP contribution < -0.4 is 5.32 Å². The second-order valence-electron chi connectivity index (χ2n) is 3.96. The van der Waals surface area contributed by atoms with Gasteiger partial charge in [0.15, 0.2) is 0 Å². The van der Waals surface area contributed by atoms with Crippen LogP contribution in [0.3, 0.4) is 0 Å². The van der Waals surface area contributed by atoms with Crippen molar-refractivity contribution in [3.05, 3.63) is 52.0 Å². The first-order valence-corrected chi connectivity index (χ1v) is 6.19. The second kappa shape index (κ2) is 5.35. The Morgan fingerprint density at radius 1 is 1.39 bits per heavy atom. The Morgan fingerprint density at radius 2 is 2.17 bits per heavy atom. The minimum absolute atomic E-state index is 0.0747. The van der Waals surface area contributed by atoms with Crippen LogP contribution in [-0.2, 0) is 6.54 Å². The second-order valence-corrected chi connectivity index (χ2v) is 4.71. The zero-order valence-electron chi connectivity index (χ0n) is 9.74. The monoisotopic (exact) mass is 310 g/mol. The SMILES string of the molecule is Cc1cc(NCc2cc(F)ccc2O)cnc1Br. The third-order valence-electron chi connectivity index (χ3n) is 2.54. The number of nitrogens with zero attached hydrogens (tertiary/aromatic N) is 1. The highest BCUT2D eigenvalue weighted by Crippen LogP contribution is 2.21. The smallest absolute Gasteiger partial charge is 0.123 e. The van der Waals surface area contributed by atoms with Crippen LogP contribution in [0.4, 0.5) is 10.1 Å². The molecule has 1 heterocycles. The number of benzene rings is 1. The standard InChI is InChI=1S/C13H12BrFN2O/c1-8-4-11(7-17-13(8)14)16-6-9-5-10(15)2-3-12(9)18/h2-5,7,16,18H,6H2,1H3. The van der Waals surface area contributed by atoms with Gasteiger partial charge in [-0.3, -0.25) is 0 Å². The van der Waals surface area contributed by atoms with Crippen molar-refractivity contribution in [3.8, 4) is 5.75 Å². The summed E-state index contributed by atoms with van der Waals surface area (Å²) < 4.78 is 13.8. The Labute approximate surface area is 113 Å². The molecule has 2 N–H and O–H groups in total. The summed E-state index contributed by atoms with van der Waals surface area (Å²) in [6.45, 7) is 2.27. The van der Waals surface area contributed by atoms with Crippen molar-refractivity contribution in [3.63, 3.8) is 0 Å². The minimum Gasteiger partial charge on any atom is -0.508 e. The fourth-order valence-corrected chi connectivity index (χ4v) is 1.76. The van der Waals surface area contributed by atoms with Gasteiger partial charge in [0.05, 0.1) is 11.9 Å². The molecule has 0 radical (unpaired) electrons. The molecule has 0 saturated heterocycles. The summed E-state index contributed by atoms with van der Waals surface area (Å²) in [4.78, 5) is 4.15. The van der Waals surface area contributed by atoms with Gasteiger partial charge in [0, 0.05) is 12.1 Å². The molecular weight excluding hydrogens is 299 g/mol. The Balaban J connectivity index is 2.11. The van der Waals surface area contributed by atoms with E-state index in [9.17, 15) is 9.50 Å². The van der Waals surface area contributed by atoms with Crippen LogP contribution in [0.5, 0.6) is 5.75 Å². The van der Waals surface area contributed by atoms with E-state index in [0.29, 0.717) is 12.1 Å². The number of hydrogen-bond donors (Lipinski definition) is 2. The molecule has 5 heteroatoms. The lowest BCUT2D eigenvalue weighted by Crippen LogP contribution is -2.01. The van der Waals surface area contributed by atoms with E-state index in [-0.39, 0.29) is 11.6 Å². The maximum Gasteiger partial charge on any atom is 0.123 e. The molecule has 1 aromatic carbocycles. The normalized spacial score (nSPS) is 10.4. The van der Waals surface area contributed by atoms with E-state index in [1.807, 2.05) is 13.0 Å². The number of rotatable bonds is 3. The molecular formula is C13H12BrFN2O. The predicted molar refractivity (Wildman–Crippen MR) is 72.1 cm³/mol. The van der Waals surface area contributed by atoms with Gasteiger partial charge in [0.25, 0.3) is 0 Å². The van der Waals surface area contributed by atoms with Crippen LogP contribution in [0, 0.1) is 12.7 Å². The molecule has 0 aliphatic heterocycles. The maximum atomic E-state index is 13.0. The zero-order chi connectivity index (χ0) is 13.1. The summed E-state index contributed by atoms with van der Waals surface area (Å²) in [6.07, 6.45) is 1.67. The molecule has 0 saturated carbocycles. The van der Waals surface area contributed by atoms with Crippen molar-refractivity contribution >= 4 is 21.6 Å². The van der Waals surface area contributed by atoms with Crippen molar-refractivity contribution in [1.29, 1.82) is 0 Å². The Bertz CT molecular complexity index is 575. The van der Waals surface area contributed by atoms with Crippen molar-refractivity contribution in [2.24, 2.45) is 0 Å². The molecule has 18 heavy (non-hydrogen) atoms. The van der Waals surface area contributed by atoms with E-state index in [0.717, 1.165) is 15.9 Å². The van der Waals surface area contributed by atoms with Gasteiger partial charge in [-0.25, -0.2) is 9.37 Å². The summed E-state index contributed by atoms with van der Waals surface area (Å²) in [5.41, 5.74) is 2.33. The molecule has 0 aliphatic carbocycles. The third kappa shape index (κ3) is 2.98. The summed E-state index contributed by atoms with van der Waals surface area (Å²) in [7, 11) is 0. The van der Waals surface area contributed by atoms with Crippen LogP contribution in [0.15, 0.2) is 35.1 Å². The highest BCUT2D eigenvalue weighted by atomic mass is 79.9. The van der Waals surface area contributed by atoms with E-state index in [1.54, 1.807) is 6.20 Å². The van der Waals surface area contributed by atoms with Gasteiger partial charge < -0.3 is 10.4 Å². The number of phenols is 1.